The van der Waals surface area contributed by atoms with E-state index in [0.717, 1.165) is 5.92 Å². The van der Waals surface area contributed by atoms with Crippen LogP contribution >= 0.6 is 0 Å². The first-order valence-corrected chi connectivity index (χ1v) is 20.1. The normalized spacial score (nSPS) is 16.5. The molecule has 0 radical (unpaired) electrons. The van der Waals surface area contributed by atoms with Gasteiger partial charge in [-0.25, -0.2) is 0 Å². The maximum atomic E-state index is 10.7. The first-order valence-electron chi connectivity index (χ1n) is 11.7. The molecule has 224 valence electrons. The van der Waals surface area contributed by atoms with E-state index < -0.39 is 35.1 Å². The Labute approximate surface area is 231 Å². The summed E-state index contributed by atoms with van der Waals surface area (Å²) in [6.45, 7) is 0. The SMILES string of the molecule is O=S(=O)(O)C(F)(F)F.[F][Sb-]([F])([F])([F])([F])[F].c1ccc([S+](c2ccccc2)c2ccc(C3CCCCC3)cc2)cc1. The molecule has 0 atom stereocenters. The van der Waals surface area contributed by atoms with E-state index in [1.807, 2.05) is 0 Å². The van der Waals surface area contributed by atoms with Crippen molar-refractivity contribution in [3.05, 3.63) is 90.5 Å². The van der Waals surface area contributed by atoms with Crippen molar-refractivity contribution in [2.45, 2.75) is 58.2 Å². The van der Waals surface area contributed by atoms with Crippen molar-refractivity contribution in [3.63, 3.8) is 0 Å². The van der Waals surface area contributed by atoms with E-state index in [1.54, 1.807) is 0 Å². The Bertz CT molecular complexity index is 1260. The van der Waals surface area contributed by atoms with E-state index in [-0.39, 0.29) is 10.9 Å². The van der Waals surface area contributed by atoms with Crippen LogP contribution in [0.3, 0.4) is 0 Å². The van der Waals surface area contributed by atoms with Gasteiger partial charge in [0, 0.05) is 0 Å². The van der Waals surface area contributed by atoms with Crippen molar-refractivity contribution in [2.75, 3.05) is 0 Å². The predicted molar refractivity (Wildman–Crippen MR) is 137 cm³/mol. The van der Waals surface area contributed by atoms with Crippen molar-refractivity contribution in [3.8, 4) is 0 Å². The zero-order valence-corrected chi connectivity index (χ0v) is 24.8. The Morgan fingerprint density at radius 2 is 0.975 bits per heavy atom. The molecule has 0 heterocycles. The van der Waals surface area contributed by atoms with Crippen LogP contribution in [0.5, 0.6) is 0 Å². The van der Waals surface area contributed by atoms with Gasteiger partial charge in [0.15, 0.2) is 14.7 Å². The van der Waals surface area contributed by atoms with E-state index in [4.69, 9.17) is 13.0 Å². The standard InChI is InChI=1S/C24H25S.CHF3O3S.6FH.Sb/c1-4-10-20(11-5-1)21-16-18-24(19-17-21)25(22-12-6-2-7-13-22)23-14-8-3-9-15-23;2-1(3,4)8(5,6)7;;;;;;;/h2-3,6-9,12-20H,1,4-5,10-11H2;(H,5,6,7);6*1H;/q+1;;;;;;;;+5/p-6. The number of alkyl halides is 3. The number of hydrogen-bond donors (Lipinski definition) is 1. The van der Waals surface area contributed by atoms with Gasteiger partial charge in [-0.1, -0.05) is 67.8 Å². The van der Waals surface area contributed by atoms with Crippen LogP contribution in [0, 0.1) is 0 Å². The topological polar surface area (TPSA) is 54.4 Å². The Morgan fingerprint density at radius 3 is 1.30 bits per heavy atom. The molecule has 3 nitrogen and oxygen atoms in total. The third-order valence-corrected chi connectivity index (χ3v) is 8.26. The monoisotopic (exact) mass is 730 g/mol. The van der Waals surface area contributed by atoms with Crippen LogP contribution < -0.4 is 0 Å². The van der Waals surface area contributed by atoms with E-state index in [2.05, 4.69) is 84.9 Å². The van der Waals surface area contributed by atoms with E-state index in [9.17, 15) is 30.0 Å². The Kier molecular flexibility index (Phi) is 10.8. The number of benzene rings is 3. The van der Waals surface area contributed by atoms with E-state index in [0.29, 0.717) is 0 Å². The number of hydrogen-bond acceptors (Lipinski definition) is 2. The van der Waals surface area contributed by atoms with Crippen molar-refractivity contribution >= 4 is 40.5 Å². The third kappa shape index (κ3) is 13.6. The molecule has 1 aliphatic carbocycles. The molecule has 0 aliphatic heterocycles. The summed E-state index contributed by atoms with van der Waals surface area (Å²) in [5, 5.41) is 0. The van der Waals surface area contributed by atoms with Gasteiger partial charge in [0.1, 0.15) is 0 Å². The molecule has 0 amide bonds. The fourth-order valence-corrected chi connectivity index (χ4v) is 5.92. The Morgan fingerprint density at radius 1 is 0.650 bits per heavy atom. The van der Waals surface area contributed by atoms with Gasteiger partial charge >= 0.3 is 52.0 Å². The summed E-state index contributed by atoms with van der Waals surface area (Å²) in [6.07, 6.45) is 6.93. The molecule has 0 unspecified atom stereocenters. The van der Waals surface area contributed by atoms with Crippen molar-refractivity contribution in [2.24, 2.45) is 0 Å². The van der Waals surface area contributed by atoms with Crippen LogP contribution in [0.1, 0.15) is 43.6 Å². The first-order chi connectivity index (χ1) is 18.1. The van der Waals surface area contributed by atoms with Gasteiger partial charge in [0.05, 0.1) is 10.9 Å². The fraction of sp³-hybridized carbons (Fsp3) is 0.280. The second-order valence-corrected chi connectivity index (χ2v) is 17.6. The van der Waals surface area contributed by atoms with Gasteiger partial charge in [-0.15, -0.1) is 0 Å². The fourth-order valence-electron chi connectivity index (χ4n) is 3.83. The Balaban J connectivity index is 0.000000310. The van der Waals surface area contributed by atoms with Gasteiger partial charge in [-0.05, 0) is 60.7 Å². The summed E-state index contributed by atoms with van der Waals surface area (Å²) < 4.78 is 117. The molecule has 1 N–H and O–H groups in total. The zero-order valence-electron chi connectivity index (χ0n) is 20.6. The molecule has 40 heavy (non-hydrogen) atoms. The summed E-state index contributed by atoms with van der Waals surface area (Å²) in [5.74, 6) is 0.776. The molecule has 0 bridgehead atoms. The van der Waals surface area contributed by atoms with Crippen LogP contribution in [-0.2, 0) is 21.0 Å². The maximum Gasteiger partial charge on any atom is 0.166 e. The molecule has 3 aromatic rings. The summed E-state index contributed by atoms with van der Waals surface area (Å²) in [7, 11) is -5.87. The molecule has 4 rings (SSSR count). The van der Waals surface area contributed by atoms with Crippen LogP contribution in [0.2, 0.25) is 0 Å². The van der Waals surface area contributed by atoms with Crippen molar-refractivity contribution in [1.82, 2.24) is 0 Å². The first kappa shape index (κ1) is 34.3. The largest absolute Gasteiger partial charge is 0.166 e. The van der Waals surface area contributed by atoms with Crippen molar-refractivity contribution in [1.29, 1.82) is 0 Å². The number of rotatable bonds is 4. The van der Waals surface area contributed by atoms with Gasteiger partial charge in [0.25, 0.3) is 0 Å². The van der Waals surface area contributed by atoms with E-state index in [1.165, 1.54) is 52.4 Å². The van der Waals surface area contributed by atoms with Crippen LogP contribution in [0.15, 0.2) is 99.6 Å². The molecular formula is C25H26F9O3S2Sb. The summed E-state index contributed by atoms with van der Waals surface area (Å²) in [5.41, 5.74) is -4.00. The van der Waals surface area contributed by atoms with Gasteiger partial charge < -0.3 is 0 Å². The minimum Gasteiger partial charge on any atom is -0.0619 e. The predicted octanol–water partition coefficient (Wildman–Crippen LogP) is 9.36. The molecule has 0 saturated heterocycles. The van der Waals surface area contributed by atoms with Gasteiger partial charge in [-0.3, -0.25) is 4.55 Å². The van der Waals surface area contributed by atoms with Crippen LogP contribution in [0.25, 0.3) is 0 Å². The summed E-state index contributed by atoms with van der Waals surface area (Å²) in [6, 6.07) is 31.3. The minimum atomic E-state index is -11.2. The number of halogens is 9. The molecule has 1 fully saturated rings. The second-order valence-electron chi connectivity index (χ2n) is 8.72. The quantitative estimate of drug-likeness (QED) is 0.0958. The molecular weight excluding hydrogens is 705 g/mol. The zero-order chi connectivity index (χ0) is 30.3. The summed E-state index contributed by atoms with van der Waals surface area (Å²) in [4.78, 5) is 4.19. The molecule has 1 saturated carbocycles. The molecule has 0 spiro atoms. The maximum absolute atomic E-state index is 11.2. The molecule has 3 aromatic carbocycles. The smallest absolute Gasteiger partial charge is 0.0619 e. The average Bonchev–Trinajstić information content (AvgIpc) is 2.84. The van der Waals surface area contributed by atoms with Gasteiger partial charge in [0.2, 0.25) is 0 Å². The molecule has 1 aliphatic rings. The summed E-state index contributed by atoms with van der Waals surface area (Å²) >= 11 is -11.2. The van der Waals surface area contributed by atoms with Crippen molar-refractivity contribution < 1.29 is 43.0 Å². The van der Waals surface area contributed by atoms with Gasteiger partial charge in [-0.2, -0.15) is 21.6 Å². The third-order valence-electron chi connectivity index (χ3n) is 5.44. The van der Waals surface area contributed by atoms with Crippen LogP contribution in [0.4, 0.5) is 30.0 Å². The minimum absolute atomic E-state index is 0.0278. The second kappa shape index (κ2) is 12.5. The van der Waals surface area contributed by atoms with E-state index >= 15 is 0 Å². The molecule has 15 heteroatoms. The Hall–Kier alpha value is -1.89. The average molecular weight is 731 g/mol. The van der Waals surface area contributed by atoms with Crippen LogP contribution in [-0.4, -0.2) is 38.0 Å². The molecule has 0 aromatic heterocycles.